The van der Waals surface area contributed by atoms with E-state index in [0.29, 0.717) is 60.6 Å². The van der Waals surface area contributed by atoms with E-state index in [0.717, 1.165) is 16.9 Å². The lowest BCUT2D eigenvalue weighted by atomic mass is 10.1. The number of nitrogen functional groups attached to an aromatic ring is 1. The van der Waals surface area contributed by atoms with Crippen LogP contribution in [0, 0.1) is 0 Å². The highest BCUT2D eigenvalue weighted by Gasteiger charge is 2.16. The van der Waals surface area contributed by atoms with Crippen molar-refractivity contribution in [1.82, 2.24) is 10.6 Å². The highest BCUT2D eigenvalue weighted by atomic mass is 16.5. The SMILES string of the molecule is CCOc1cc(CNC(=O)Nc2ccc(OCC)c(C(=O)NCc3ccc(OC)cc3)c2)c(OCC)cc1N. The molecule has 0 aliphatic carbocycles. The summed E-state index contributed by atoms with van der Waals surface area (Å²) in [5, 5.41) is 8.47. The minimum absolute atomic E-state index is 0.174. The molecule has 0 aliphatic heterocycles. The number of ether oxygens (including phenoxy) is 4. The molecule has 0 radical (unpaired) electrons. The predicted octanol–water partition coefficient (Wildman–Crippen LogP) is 4.73. The van der Waals surface area contributed by atoms with Gasteiger partial charge in [-0.05, 0) is 62.7 Å². The smallest absolute Gasteiger partial charge is 0.319 e. The van der Waals surface area contributed by atoms with E-state index in [4.69, 9.17) is 24.7 Å². The molecule has 0 unspecified atom stereocenters. The molecule has 0 atom stereocenters. The molecule has 39 heavy (non-hydrogen) atoms. The summed E-state index contributed by atoms with van der Waals surface area (Å²) in [6.07, 6.45) is 0. The van der Waals surface area contributed by atoms with E-state index in [1.54, 1.807) is 37.4 Å². The summed E-state index contributed by atoms with van der Waals surface area (Å²) >= 11 is 0. The second-order valence-electron chi connectivity index (χ2n) is 8.35. The number of carbonyl (C=O) groups excluding carboxylic acids is 2. The Balaban J connectivity index is 1.68. The number of nitrogens with one attached hydrogen (secondary N) is 3. The van der Waals surface area contributed by atoms with Crippen LogP contribution in [0.25, 0.3) is 0 Å². The maximum atomic E-state index is 13.0. The average molecular weight is 537 g/mol. The van der Waals surface area contributed by atoms with Crippen LogP contribution in [0.15, 0.2) is 54.6 Å². The lowest BCUT2D eigenvalue weighted by Crippen LogP contribution is -2.29. The lowest BCUT2D eigenvalue weighted by Gasteiger charge is -2.16. The number of nitrogens with two attached hydrogens (primary N) is 1. The second-order valence-corrected chi connectivity index (χ2v) is 8.35. The Morgan fingerprint density at radius 3 is 2.10 bits per heavy atom. The number of methoxy groups -OCH3 is 1. The van der Waals surface area contributed by atoms with Crippen LogP contribution < -0.4 is 40.6 Å². The summed E-state index contributed by atoms with van der Waals surface area (Å²) in [5.41, 5.74) is 8.88. The molecule has 0 heterocycles. The minimum Gasteiger partial charge on any atom is -0.497 e. The normalized spacial score (nSPS) is 10.4. The number of urea groups is 1. The number of amides is 3. The molecule has 0 aromatic heterocycles. The molecular formula is C29H36N4O6. The van der Waals surface area contributed by atoms with Crippen LogP contribution in [0.5, 0.6) is 23.0 Å². The van der Waals surface area contributed by atoms with Gasteiger partial charge in [-0.15, -0.1) is 0 Å². The molecule has 3 rings (SSSR count). The Bertz CT molecular complexity index is 1260. The Morgan fingerprint density at radius 2 is 1.44 bits per heavy atom. The van der Waals surface area contributed by atoms with Crippen molar-refractivity contribution in [3.8, 4) is 23.0 Å². The van der Waals surface area contributed by atoms with Crippen molar-refractivity contribution in [1.29, 1.82) is 0 Å². The van der Waals surface area contributed by atoms with Crippen LogP contribution >= 0.6 is 0 Å². The van der Waals surface area contributed by atoms with Crippen molar-refractivity contribution >= 4 is 23.3 Å². The molecule has 0 spiro atoms. The van der Waals surface area contributed by atoms with E-state index in [1.165, 1.54) is 0 Å². The molecule has 3 amide bonds. The third kappa shape index (κ3) is 8.19. The average Bonchev–Trinajstić information content (AvgIpc) is 2.94. The highest BCUT2D eigenvalue weighted by molar-refractivity contribution is 5.99. The molecule has 0 bridgehead atoms. The summed E-state index contributed by atoms with van der Waals surface area (Å²) < 4.78 is 22.1. The fourth-order valence-electron chi connectivity index (χ4n) is 3.76. The third-order valence-corrected chi connectivity index (χ3v) is 5.63. The van der Waals surface area contributed by atoms with Gasteiger partial charge in [0.25, 0.3) is 5.91 Å². The largest absolute Gasteiger partial charge is 0.497 e. The first-order valence-electron chi connectivity index (χ1n) is 12.8. The van der Waals surface area contributed by atoms with Gasteiger partial charge in [-0.2, -0.15) is 0 Å². The molecule has 0 saturated carbocycles. The van der Waals surface area contributed by atoms with Crippen molar-refractivity contribution in [2.75, 3.05) is 38.0 Å². The second kappa shape index (κ2) is 14.4. The van der Waals surface area contributed by atoms with Gasteiger partial charge in [0.1, 0.15) is 23.0 Å². The standard InChI is InChI=1S/C29H36N4O6/c1-5-37-25-13-10-21(15-23(25)28(34)31-17-19-8-11-22(36-4)12-9-19)33-29(35)32-18-20-14-27(39-7-3)24(30)16-26(20)38-6-2/h8-16H,5-7,17-18,30H2,1-4H3,(H,31,34)(H2,32,33,35). The van der Waals surface area contributed by atoms with Crippen molar-refractivity contribution < 1.29 is 28.5 Å². The number of hydrogen-bond donors (Lipinski definition) is 4. The van der Waals surface area contributed by atoms with E-state index in [-0.39, 0.29) is 12.5 Å². The molecule has 10 heteroatoms. The molecule has 5 N–H and O–H groups in total. The molecule has 3 aromatic carbocycles. The maximum Gasteiger partial charge on any atom is 0.319 e. The zero-order chi connectivity index (χ0) is 28.2. The topological polar surface area (TPSA) is 133 Å². The van der Waals surface area contributed by atoms with Gasteiger partial charge in [-0.3, -0.25) is 4.79 Å². The fourth-order valence-corrected chi connectivity index (χ4v) is 3.76. The van der Waals surface area contributed by atoms with Gasteiger partial charge < -0.3 is 40.6 Å². The third-order valence-electron chi connectivity index (χ3n) is 5.63. The van der Waals surface area contributed by atoms with Gasteiger partial charge in [0.05, 0.1) is 38.2 Å². The van der Waals surface area contributed by atoms with Gasteiger partial charge in [-0.1, -0.05) is 12.1 Å². The molecule has 10 nitrogen and oxygen atoms in total. The number of rotatable bonds is 13. The summed E-state index contributed by atoms with van der Waals surface area (Å²) in [4.78, 5) is 25.7. The predicted molar refractivity (Wildman–Crippen MR) is 151 cm³/mol. The van der Waals surface area contributed by atoms with E-state index in [2.05, 4.69) is 16.0 Å². The highest BCUT2D eigenvalue weighted by Crippen LogP contribution is 2.31. The van der Waals surface area contributed by atoms with Gasteiger partial charge in [0, 0.05) is 30.4 Å². The number of hydrogen-bond acceptors (Lipinski definition) is 7. The first kappa shape index (κ1) is 29.0. The van der Waals surface area contributed by atoms with Gasteiger partial charge in [0.15, 0.2) is 0 Å². The first-order valence-corrected chi connectivity index (χ1v) is 12.8. The van der Waals surface area contributed by atoms with Gasteiger partial charge in [-0.25, -0.2) is 4.79 Å². The summed E-state index contributed by atoms with van der Waals surface area (Å²) in [6, 6.07) is 15.3. The fraction of sp³-hybridized carbons (Fsp3) is 0.310. The summed E-state index contributed by atoms with van der Waals surface area (Å²) in [7, 11) is 1.60. The van der Waals surface area contributed by atoms with Crippen molar-refractivity contribution in [2.45, 2.75) is 33.9 Å². The monoisotopic (exact) mass is 536 g/mol. The molecular weight excluding hydrogens is 500 g/mol. The first-order chi connectivity index (χ1) is 18.9. The molecule has 0 fully saturated rings. The molecule has 0 aliphatic rings. The quantitative estimate of drug-likeness (QED) is 0.232. The van der Waals surface area contributed by atoms with Crippen molar-refractivity contribution in [3.05, 3.63) is 71.3 Å². The number of benzene rings is 3. The molecule has 208 valence electrons. The Labute approximate surface area is 228 Å². The van der Waals surface area contributed by atoms with E-state index < -0.39 is 6.03 Å². The van der Waals surface area contributed by atoms with Crippen LogP contribution in [0.1, 0.15) is 42.3 Å². The van der Waals surface area contributed by atoms with Crippen LogP contribution in [-0.4, -0.2) is 38.9 Å². The van der Waals surface area contributed by atoms with Crippen LogP contribution in [-0.2, 0) is 13.1 Å². The summed E-state index contributed by atoms with van der Waals surface area (Å²) in [5.74, 6) is 1.92. The zero-order valence-electron chi connectivity index (χ0n) is 22.8. The van der Waals surface area contributed by atoms with E-state index >= 15 is 0 Å². The lowest BCUT2D eigenvalue weighted by molar-refractivity contribution is 0.0947. The summed E-state index contributed by atoms with van der Waals surface area (Å²) in [6.45, 7) is 7.36. The zero-order valence-corrected chi connectivity index (χ0v) is 22.8. The number of anilines is 2. The maximum absolute atomic E-state index is 13.0. The minimum atomic E-state index is -0.457. The van der Waals surface area contributed by atoms with Crippen molar-refractivity contribution in [3.63, 3.8) is 0 Å². The van der Waals surface area contributed by atoms with Crippen LogP contribution in [0.3, 0.4) is 0 Å². The van der Waals surface area contributed by atoms with Crippen LogP contribution in [0.4, 0.5) is 16.2 Å². The van der Waals surface area contributed by atoms with Crippen molar-refractivity contribution in [2.24, 2.45) is 0 Å². The Hall–Kier alpha value is -4.60. The Morgan fingerprint density at radius 1 is 0.769 bits per heavy atom. The molecule has 0 saturated heterocycles. The van der Waals surface area contributed by atoms with E-state index in [9.17, 15) is 9.59 Å². The van der Waals surface area contributed by atoms with Gasteiger partial charge >= 0.3 is 6.03 Å². The van der Waals surface area contributed by atoms with Gasteiger partial charge in [0.2, 0.25) is 0 Å². The van der Waals surface area contributed by atoms with E-state index in [1.807, 2.05) is 45.0 Å². The number of carbonyl (C=O) groups is 2. The molecule has 3 aromatic rings. The Kier molecular flexibility index (Phi) is 10.7. The van der Waals surface area contributed by atoms with Crippen LogP contribution in [0.2, 0.25) is 0 Å².